The molecule has 0 aliphatic rings. The van der Waals surface area contributed by atoms with Crippen LogP contribution in [0.3, 0.4) is 0 Å². The Hall–Kier alpha value is -2.23. The number of hydrogen-bond acceptors (Lipinski definition) is 3. The van der Waals surface area contributed by atoms with Gasteiger partial charge in [-0.25, -0.2) is 4.98 Å². The zero-order valence-electron chi connectivity index (χ0n) is 10.8. The summed E-state index contributed by atoms with van der Waals surface area (Å²) in [6, 6.07) is 6.19. The minimum atomic E-state index is 0.191. The van der Waals surface area contributed by atoms with E-state index < -0.39 is 0 Å². The van der Waals surface area contributed by atoms with Gasteiger partial charge in [0.2, 0.25) is 0 Å². The summed E-state index contributed by atoms with van der Waals surface area (Å²) in [6.45, 7) is 2.17. The summed E-state index contributed by atoms with van der Waals surface area (Å²) in [5.41, 5.74) is 1.89. The summed E-state index contributed by atoms with van der Waals surface area (Å²) in [6.07, 6.45) is 9.10. The normalized spacial score (nSPS) is 12.9. The van der Waals surface area contributed by atoms with Crippen LogP contribution in [-0.2, 0) is 0 Å². The molecule has 3 aromatic rings. The van der Waals surface area contributed by atoms with Crippen LogP contribution in [0.25, 0.3) is 11.0 Å². The molecule has 0 amide bonds. The molecule has 0 saturated heterocycles. The topological polar surface area (TPSA) is 51.2 Å². The molecule has 1 aromatic carbocycles. The number of nitrogens with zero attached hydrogens (tertiary/aromatic N) is 2. The number of benzene rings is 1. The molecule has 4 heteroatoms. The highest BCUT2D eigenvalue weighted by Crippen LogP contribution is 2.31. The zero-order valence-corrected chi connectivity index (χ0v) is 10.8. The molecule has 0 fully saturated rings. The lowest BCUT2D eigenvalue weighted by Crippen LogP contribution is -2.08. The number of aromatic nitrogens is 2. The number of imidazole rings is 1. The first-order chi connectivity index (χ1) is 9.29. The van der Waals surface area contributed by atoms with Gasteiger partial charge in [-0.15, -0.1) is 0 Å². The van der Waals surface area contributed by atoms with E-state index in [-0.39, 0.29) is 11.8 Å². The van der Waals surface area contributed by atoms with E-state index in [0.29, 0.717) is 0 Å². The van der Waals surface area contributed by atoms with Crippen LogP contribution in [0, 0.1) is 0 Å². The fraction of sp³-hybridized carbons (Fsp3) is 0.267. The highest BCUT2D eigenvalue weighted by molar-refractivity contribution is 5.84. The van der Waals surface area contributed by atoms with E-state index in [1.54, 1.807) is 6.20 Å². The first-order valence-corrected chi connectivity index (χ1v) is 6.47. The molecule has 98 valence electrons. The third kappa shape index (κ3) is 2.10. The van der Waals surface area contributed by atoms with Gasteiger partial charge in [-0.2, -0.15) is 0 Å². The van der Waals surface area contributed by atoms with Gasteiger partial charge >= 0.3 is 0 Å². The lowest BCUT2D eigenvalue weighted by molar-refractivity contribution is 0.464. The van der Waals surface area contributed by atoms with Crippen molar-refractivity contribution in [2.45, 2.75) is 25.8 Å². The van der Waals surface area contributed by atoms with Crippen molar-refractivity contribution in [3.05, 3.63) is 48.7 Å². The average Bonchev–Trinajstić information content (AvgIpc) is 3.06. The van der Waals surface area contributed by atoms with E-state index in [9.17, 15) is 5.11 Å². The van der Waals surface area contributed by atoms with Gasteiger partial charge in [0.25, 0.3) is 0 Å². The molecule has 4 nitrogen and oxygen atoms in total. The largest absolute Gasteiger partial charge is 0.504 e. The molecule has 0 radical (unpaired) electrons. The second-order valence-corrected chi connectivity index (χ2v) is 4.69. The van der Waals surface area contributed by atoms with Crippen LogP contribution < -0.4 is 0 Å². The van der Waals surface area contributed by atoms with Gasteiger partial charge in [0.15, 0.2) is 5.75 Å². The Kier molecular flexibility index (Phi) is 2.99. The van der Waals surface area contributed by atoms with Crippen LogP contribution in [0.15, 0.2) is 47.6 Å². The smallest absolute Gasteiger partial charge is 0.161 e. The molecule has 2 heterocycles. The van der Waals surface area contributed by atoms with E-state index in [4.69, 9.17) is 4.42 Å². The molecule has 3 rings (SSSR count). The predicted octanol–water partition coefficient (Wildman–Crippen LogP) is 3.72. The molecule has 0 aliphatic carbocycles. The molecule has 0 bridgehead atoms. The van der Waals surface area contributed by atoms with Crippen LogP contribution >= 0.6 is 0 Å². The molecule has 1 unspecified atom stereocenters. The summed E-state index contributed by atoms with van der Waals surface area (Å²) >= 11 is 0. The first kappa shape index (κ1) is 11.8. The van der Waals surface area contributed by atoms with E-state index >= 15 is 0 Å². The fourth-order valence-corrected chi connectivity index (χ4v) is 2.45. The van der Waals surface area contributed by atoms with Crippen LogP contribution in [0.2, 0.25) is 0 Å². The number of rotatable bonds is 4. The Morgan fingerprint density at radius 1 is 1.42 bits per heavy atom. The van der Waals surface area contributed by atoms with Gasteiger partial charge < -0.3 is 14.1 Å². The van der Waals surface area contributed by atoms with Crippen LogP contribution in [0.4, 0.5) is 0 Å². The highest BCUT2D eigenvalue weighted by Gasteiger charge is 2.14. The number of fused-ring (bicyclic) bond motifs is 1. The summed E-state index contributed by atoms with van der Waals surface area (Å²) in [7, 11) is 0. The van der Waals surface area contributed by atoms with Gasteiger partial charge in [-0.05, 0) is 24.1 Å². The van der Waals surface area contributed by atoms with Gasteiger partial charge in [0.1, 0.15) is 11.8 Å². The maximum Gasteiger partial charge on any atom is 0.161 e. The lowest BCUT2D eigenvalue weighted by atomic mass is 10.0. The third-order valence-corrected chi connectivity index (χ3v) is 3.41. The number of aromatic hydroxyl groups is 1. The highest BCUT2D eigenvalue weighted by atomic mass is 16.4. The first-order valence-electron chi connectivity index (χ1n) is 6.47. The van der Waals surface area contributed by atoms with Crippen molar-refractivity contribution in [3.8, 4) is 5.75 Å². The van der Waals surface area contributed by atoms with Crippen molar-refractivity contribution in [1.29, 1.82) is 0 Å². The molecular formula is C15H16N2O2. The Balaban J connectivity index is 2.04. The molecule has 0 spiro atoms. The molecule has 19 heavy (non-hydrogen) atoms. The van der Waals surface area contributed by atoms with E-state index in [0.717, 1.165) is 23.8 Å². The monoisotopic (exact) mass is 256 g/mol. The van der Waals surface area contributed by atoms with Gasteiger partial charge in [-0.1, -0.05) is 19.4 Å². The second-order valence-electron chi connectivity index (χ2n) is 4.69. The number of furan rings is 1. The second kappa shape index (κ2) is 4.80. The van der Waals surface area contributed by atoms with Crippen molar-refractivity contribution in [1.82, 2.24) is 9.55 Å². The summed E-state index contributed by atoms with van der Waals surface area (Å²) in [5, 5.41) is 10.4. The van der Waals surface area contributed by atoms with Gasteiger partial charge in [-0.3, -0.25) is 0 Å². The van der Waals surface area contributed by atoms with Crippen molar-refractivity contribution >= 4 is 11.0 Å². The molecule has 1 N–H and O–H groups in total. The zero-order chi connectivity index (χ0) is 13.2. The SMILES string of the molecule is CCCC(c1ccc2c(O)coc2c1)n1ccnc1. The maximum atomic E-state index is 9.62. The number of hydrogen-bond donors (Lipinski definition) is 1. The minimum absolute atomic E-state index is 0.191. The van der Waals surface area contributed by atoms with E-state index in [2.05, 4.69) is 16.5 Å². The Morgan fingerprint density at radius 2 is 2.32 bits per heavy atom. The maximum absolute atomic E-state index is 9.62. The average molecular weight is 256 g/mol. The standard InChI is InChI=1S/C15H16N2O2/c1-2-3-13(17-7-6-16-10-17)11-4-5-12-14(18)9-19-15(12)8-11/h4-10,13,18H,2-3H2,1H3. The molecule has 2 aromatic heterocycles. The summed E-state index contributed by atoms with van der Waals surface area (Å²) < 4.78 is 7.46. The molecule has 1 atom stereocenters. The molecular weight excluding hydrogens is 240 g/mol. The van der Waals surface area contributed by atoms with Gasteiger partial charge in [0.05, 0.1) is 17.8 Å². The minimum Gasteiger partial charge on any atom is -0.504 e. The quantitative estimate of drug-likeness (QED) is 0.774. The van der Waals surface area contributed by atoms with Crippen LogP contribution in [-0.4, -0.2) is 14.7 Å². The third-order valence-electron chi connectivity index (χ3n) is 3.41. The molecule has 0 aliphatic heterocycles. The predicted molar refractivity (Wildman–Crippen MR) is 73.2 cm³/mol. The lowest BCUT2D eigenvalue weighted by Gasteiger charge is -2.18. The van der Waals surface area contributed by atoms with Crippen molar-refractivity contribution in [2.24, 2.45) is 0 Å². The van der Waals surface area contributed by atoms with Gasteiger partial charge in [0, 0.05) is 12.4 Å². The van der Waals surface area contributed by atoms with Crippen molar-refractivity contribution in [2.75, 3.05) is 0 Å². The fourth-order valence-electron chi connectivity index (χ4n) is 2.45. The van der Waals surface area contributed by atoms with Crippen molar-refractivity contribution < 1.29 is 9.52 Å². The Labute approximate surface area is 111 Å². The van der Waals surface area contributed by atoms with Crippen LogP contribution in [0.5, 0.6) is 5.75 Å². The Bertz CT molecular complexity index is 671. The Morgan fingerprint density at radius 3 is 3.05 bits per heavy atom. The van der Waals surface area contributed by atoms with Crippen LogP contribution in [0.1, 0.15) is 31.4 Å². The van der Waals surface area contributed by atoms with E-state index in [1.807, 2.05) is 30.7 Å². The van der Waals surface area contributed by atoms with E-state index in [1.165, 1.54) is 11.8 Å². The van der Waals surface area contributed by atoms with Crippen molar-refractivity contribution in [3.63, 3.8) is 0 Å². The molecule has 0 saturated carbocycles. The summed E-state index contributed by atoms with van der Waals surface area (Å²) in [4.78, 5) is 4.12. The summed E-state index contributed by atoms with van der Waals surface area (Å²) in [5.74, 6) is 0.191.